The lowest BCUT2D eigenvalue weighted by atomic mass is 9.82. The van der Waals surface area contributed by atoms with E-state index in [-0.39, 0.29) is 17.7 Å². The quantitative estimate of drug-likeness (QED) is 0.753. The molecule has 108 valence electrons. The number of anilines is 1. The zero-order valence-electron chi connectivity index (χ0n) is 11.6. The molecule has 2 bridgehead atoms. The van der Waals surface area contributed by atoms with E-state index in [1.165, 1.54) is 0 Å². The summed E-state index contributed by atoms with van der Waals surface area (Å²) in [5.41, 5.74) is 2.10. The molecule has 4 rings (SSSR count). The average Bonchev–Trinajstić information content (AvgIpc) is 3.19. The molecule has 0 aromatic heterocycles. The Morgan fingerprint density at radius 3 is 2.57 bits per heavy atom. The molecule has 1 heterocycles. The number of carboxylic acids is 1. The van der Waals surface area contributed by atoms with Crippen molar-refractivity contribution in [2.24, 2.45) is 23.7 Å². The van der Waals surface area contributed by atoms with Crippen molar-refractivity contribution in [2.45, 2.75) is 12.8 Å². The average molecular weight is 282 g/mol. The van der Waals surface area contributed by atoms with Crippen molar-refractivity contribution < 1.29 is 14.7 Å². The summed E-state index contributed by atoms with van der Waals surface area (Å²) >= 11 is 0. The number of carbonyl (C=O) groups excluding carboxylic acids is 2. The highest BCUT2D eigenvalue weighted by molar-refractivity contribution is 5.99. The SMILES string of the molecule is O=C([O-])[C@@H]1[C@H](C(=O)N2CCc3ccccc32)[C@@H]2C=C[C@@H]1C2. The summed E-state index contributed by atoms with van der Waals surface area (Å²) < 4.78 is 0. The number of rotatable bonds is 2. The standard InChI is InChI=1S/C17H17NO3/c19-16(18-8-7-10-3-1-2-4-13(10)18)14-11-5-6-12(9-11)15(14)17(20)21/h1-6,11-12,14-15H,7-9H2,(H,20,21)/p-1/t11-,12-,14-,15+/m1/s1. The number of hydrogen-bond acceptors (Lipinski definition) is 3. The summed E-state index contributed by atoms with van der Waals surface area (Å²) in [6, 6.07) is 7.86. The molecule has 21 heavy (non-hydrogen) atoms. The van der Waals surface area contributed by atoms with Crippen molar-refractivity contribution in [3.8, 4) is 0 Å². The van der Waals surface area contributed by atoms with Crippen LogP contribution in [0, 0.1) is 23.7 Å². The van der Waals surface area contributed by atoms with Crippen LogP contribution < -0.4 is 10.0 Å². The number of amides is 1. The number of nitrogens with zero attached hydrogens (tertiary/aromatic N) is 1. The molecule has 4 nitrogen and oxygen atoms in total. The van der Waals surface area contributed by atoms with Crippen LogP contribution in [0.4, 0.5) is 5.69 Å². The van der Waals surface area contributed by atoms with Gasteiger partial charge in [-0.15, -0.1) is 0 Å². The number of carboxylic acid groups (broad SMARTS) is 1. The predicted molar refractivity (Wildman–Crippen MR) is 75.2 cm³/mol. The van der Waals surface area contributed by atoms with Crippen molar-refractivity contribution in [3.05, 3.63) is 42.0 Å². The maximum absolute atomic E-state index is 12.9. The van der Waals surface area contributed by atoms with Crippen LogP contribution in [0.1, 0.15) is 12.0 Å². The van der Waals surface area contributed by atoms with Gasteiger partial charge in [0, 0.05) is 24.1 Å². The molecular formula is C17H16NO3-. The first-order chi connectivity index (χ1) is 10.2. The summed E-state index contributed by atoms with van der Waals surface area (Å²) in [6.07, 6.45) is 5.56. The number of para-hydroxylation sites is 1. The minimum Gasteiger partial charge on any atom is -0.550 e. The highest BCUT2D eigenvalue weighted by Crippen LogP contribution is 2.49. The third-order valence-electron chi connectivity index (χ3n) is 5.17. The maximum Gasteiger partial charge on any atom is 0.231 e. The van der Waals surface area contributed by atoms with E-state index in [9.17, 15) is 14.7 Å². The zero-order valence-corrected chi connectivity index (χ0v) is 11.6. The molecule has 0 saturated heterocycles. The Balaban J connectivity index is 1.67. The van der Waals surface area contributed by atoms with Crippen molar-refractivity contribution in [1.82, 2.24) is 0 Å². The lowest BCUT2D eigenvalue weighted by Crippen LogP contribution is -2.46. The highest BCUT2D eigenvalue weighted by atomic mass is 16.4. The molecule has 1 aliphatic heterocycles. The van der Waals surface area contributed by atoms with Crippen LogP contribution in [0.15, 0.2) is 36.4 Å². The molecule has 1 aromatic rings. The third kappa shape index (κ3) is 1.75. The van der Waals surface area contributed by atoms with Gasteiger partial charge in [0.2, 0.25) is 5.91 Å². The van der Waals surface area contributed by atoms with Gasteiger partial charge >= 0.3 is 0 Å². The fourth-order valence-electron chi connectivity index (χ4n) is 4.23. The smallest absolute Gasteiger partial charge is 0.231 e. The van der Waals surface area contributed by atoms with Gasteiger partial charge in [-0.1, -0.05) is 30.4 Å². The summed E-state index contributed by atoms with van der Waals surface area (Å²) in [5, 5.41) is 11.5. The molecule has 1 saturated carbocycles. The molecular weight excluding hydrogens is 266 g/mol. The fourth-order valence-corrected chi connectivity index (χ4v) is 4.23. The van der Waals surface area contributed by atoms with E-state index in [4.69, 9.17) is 0 Å². The fraction of sp³-hybridized carbons (Fsp3) is 0.412. The number of carbonyl (C=O) groups is 2. The van der Waals surface area contributed by atoms with E-state index in [0.717, 1.165) is 24.1 Å². The normalized spacial score (nSPS) is 32.5. The number of hydrogen-bond donors (Lipinski definition) is 0. The van der Waals surface area contributed by atoms with Gasteiger partial charge in [-0.3, -0.25) is 4.79 Å². The topological polar surface area (TPSA) is 60.4 Å². The highest BCUT2D eigenvalue weighted by Gasteiger charge is 2.50. The van der Waals surface area contributed by atoms with Crippen molar-refractivity contribution in [1.29, 1.82) is 0 Å². The molecule has 4 heteroatoms. The molecule has 2 aliphatic carbocycles. The van der Waals surface area contributed by atoms with Crippen molar-refractivity contribution in [3.63, 3.8) is 0 Å². The van der Waals surface area contributed by atoms with Crippen molar-refractivity contribution in [2.75, 3.05) is 11.4 Å². The van der Waals surface area contributed by atoms with Gasteiger partial charge in [0.1, 0.15) is 0 Å². The van der Waals surface area contributed by atoms with Gasteiger partial charge in [-0.25, -0.2) is 0 Å². The molecule has 0 N–H and O–H groups in total. The van der Waals surface area contributed by atoms with Gasteiger partial charge in [-0.05, 0) is 36.3 Å². The molecule has 0 spiro atoms. The number of aliphatic carboxylic acids is 1. The van der Waals surface area contributed by atoms with E-state index in [1.807, 2.05) is 36.4 Å². The Morgan fingerprint density at radius 2 is 1.81 bits per heavy atom. The molecule has 1 aromatic carbocycles. The van der Waals surface area contributed by atoms with Crippen LogP contribution >= 0.6 is 0 Å². The maximum atomic E-state index is 12.9. The van der Waals surface area contributed by atoms with Crippen LogP contribution in [-0.4, -0.2) is 18.4 Å². The third-order valence-corrected chi connectivity index (χ3v) is 5.17. The second-order valence-electron chi connectivity index (χ2n) is 6.19. The second-order valence-corrected chi connectivity index (χ2v) is 6.19. The van der Waals surface area contributed by atoms with Crippen LogP contribution in [0.25, 0.3) is 0 Å². The summed E-state index contributed by atoms with van der Waals surface area (Å²) in [7, 11) is 0. The number of benzene rings is 1. The molecule has 1 amide bonds. The van der Waals surface area contributed by atoms with E-state index >= 15 is 0 Å². The molecule has 0 unspecified atom stereocenters. The number of fused-ring (bicyclic) bond motifs is 3. The monoisotopic (exact) mass is 282 g/mol. The van der Waals surface area contributed by atoms with E-state index in [1.54, 1.807) is 4.90 Å². The zero-order chi connectivity index (χ0) is 14.6. The predicted octanol–water partition coefficient (Wildman–Crippen LogP) is 0.764. The first-order valence-corrected chi connectivity index (χ1v) is 7.45. The van der Waals surface area contributed by atoms with Gasteiger partial charge in [0.15, 0.2) is 0 Å². The lowest BCUT2D eigenvalue weighted by molar-refractivity contribution is -0.313. The molecule has 4 atom stereocenters. The Labute approximate surface area is 123 Å². The van der Waals surface area contributed by atoms with Crippen molar-refractivity contribution >= 4 is 17.6 Å². The minimum absolute atomic E-state index is 0.0354. The molecule has 3 aliphatic rings. The largest absolute Gasteiger partial charge is 0.550 e. The van der Waals surface area contributed by atoms with Gasteiger partial charge in [-0.2, -0.15) is 0 Å². The van der Waals surface area contributed by atoms with Crippen LogP contribution in [0.3, 0.4) is 0 Å². The Kier molecular flexibility index (Phi) is 2.67. The first kappa shape index (κ1) is 12.6. The lowest BCUT2D eigenvalue weighted by Gasteiger charge is -2.31. The summed E-state index contributed by atoms with van der Waals surface area (Å²) in [4.78, 5) is 26.1. The van der Waals surface area contributed by atoms with Gasteiger partial charge in [0.05, 0.1) is 5.92 Å². The molecule has 0 radical (unpaired) electrons. The second kappa shape index (κ2) is 4.45. The first-order valence-electron chi connectivity index (χ1n) is 7.45. The molecule has 1 fully saturated rings. The van der Waals surface area contributed by atoms with Gasteiger partial charge in [0.25, 0.3) is 0 Å². The van der Waals surface area contributed by atoms with E-state index < -0.39 is 17.8 Å². The Bertz CT molecular complexity index is 651. The van der Waals surface area contributed by atoms with Crippen LogP contribution in [-0.2, 0) is 16.0 Å². The minimum atomic E-state index is -1.09. The van der Waals surface area contributed by atoms with E-state index in [2.05, 4.69) is 0 Å². The van der Waals surface area contributed by atoms with Gasteiger partial charge < -0.3 is 14.8 Å². The summed E-state index contributed by atoms with van der Waals surface area (Å²) in [6.45, 7) is 0.648. The Morgan fingerprint density at radius 1 is 1.10 bits per heavy atom. The van der Waals surface area contributed by atoms with Crippen LogP contribution in [0.5, 0.6) is 0 Å². The van der Waals surface area contributed by atoms with E-state index in [0.29, 0.717) is 6.54 Å². The Hall–Kier alpha value is -2.10. The number of allylic oxidation sites excluding steroid dienone is 2. The van der Waals surface area contributed by atoms with Crippen LogP contribution in [0.2, 0.25) is 0 Å². The summed E-state index contributed by atoms with van der Waals surface area (Å²) in [5.74, 6) is -2.25.